The molecule has 2 unspecified atom stereocenters. The molecule has 302 valence electrons. The number of benzene rings is 2. The number of fused-ring (bicyclic) bond motifs is 2. The fourth-order valence-corrected chi connectivity index (χ4v) is 47.0. The Hall–Kier alpha value is -0.483. The molecule has 0 heterocycles. The van der Waals surface area contributed by atoms with E-state index >= 15 is 0 Å². The first-order valence-electron chi connectivity index (χ1n) is 24.1. The van der Waals surface area contributed by atoms with Crippen molar-refractivity contribution in [1.82, 2.24) is 0 Å². The summed E-state index contributed by atoms with van der Waals surface area (Å²) in [6.07, 6.45) is 36.7. The minimum atomic E-state index is -2.39. The normalized spacial score (nSPS) is 16.8. The van der Waals surface area contributed by atoms with E-state index in [2.05, 4.69) is 102 Å². The predicted molar refractivity (Wildman–Crippen MR) is 250 cm³/mol. The maximum atomic E-state index is 2.88. The summed E-state index contributed by atoms with van der Waals surface area (Å²) in [6, 6.07) is 19.4. The van der Waals surface area contributed by atoms with Gasteiger partial charge >= 0.3 is 348 Å². The first-order valence-corrected chi connectivity index (χ1v) is 39.5. The van der Waals surface area contributed by atoms with E-state index in [1.165, 1.54) is 141 Å². The molecule has 2 aliphatic carbocycles. The van der Waals surface area contributed by atoms with Gasteiger partial charge in [-0.15, -0.1) is 0 Å². The third-order valence-electron chi connectivity index (χ3n) is 14.2. The van der Waals surface area contributed by atoms with Crippen LogP contribution in [0, 0.1) is 0 Å². The van der Waals surface area contributed by atoms with Crippen LogP contribution in [0.4, 0.5) is 0 Å². The Morgan fingerprint density at radius 1 is 0.352 bits per heavy atom. The molecule has 0 radical (unpaired) electrons. The maximum absolute atomic E-state index is 2.88. The van der Waals surface area contributed by atoms with E-state index in [0.29, 0.717) is 0 Å². The average Bonchev–Trinajstić information content (AvgIpc) is 3.77. The van der Waals surface area contributed by atoms with Crippen molar-refractivity contribution in [2.24, 2.45) is 0 Å². The molecule has 2 aliphatic rings. The van der Waals surface area contributed by atoms with Crippen molar-refractivity contribution in [1.29, 1.82) is 0 Å². The molecule has 0 amide bonds. The molecule has 2 heteroatoms. The fourth-order valence-electron chi connectivity index (χ4n) is 10.9. The molecule has 54 heavy (non-hydrogen) atoms. The Kier molecular flexibility index (Phi) is 22.1. The van der Waals surface area contributed by atoms with Crippen LogP contribution in [0.15, 0.2) is 60.7 Å². The van der Waals surface area contributed by atoms with Crippen molar-refractivity contribution < 1.29 is 0 Å². The Balaban J connectivity index is 1.26. The number of allylic oxidation sites excluding steroid dienone is 4. The molecule has 2 atom stereocenters. The zero-order valence-electron chi connectivity index (χ0n) is 36.7. The molecule has 0 aliphatic heterocycles. The van der Waals surface area contributed by atoms with Crippen LogP contribution in [0.2, 0.25) is 26.6 Å². The molecular weight excluding hydrogens is 862 g/mol. The molecule has 0 spiro atoms. The summed E-state index contributed by atoms with van der Waals surface area (Å²) in [5, 5.41) is 0. The van der Waals surface area contributed by atoms with Crippen LogP contribution in [0.5, 0.6) is 0 Å². The van der Waals surface area contributed by atoms with Crippen LogP contribution in [-0.4, -0.2) is 36.8 Å². The number of hydrogen-bond acceptors (Lipinski definition) is 0. The quantitative estimate of drug-likeness (QED) is 0.0522. The molecule has 0 N–H and O–H groups in total. The summed E-state index contributed by atoms with van der Waals surface area (Å²) in [6.45, 7) is 14.5. The van der Waals surface area contributed by atoms with E-state index in [1.54, 1.807) is 60.0 Å². The van der Waals surface area contributed by atoms with Crippen molar-refractivity contribution in [3.8, 4) is 0 Å². The third kappa shape index (κ3) is 13.0. The molecule has 0 nitrogen and oxygen atoms in total. The average molecular weight is 949 g/mol. The van der Waals surface area contributed by atoms with E-state index in [1.807, 2.05) is 0 Å². The summed E-state index contributed by atoms with van der Waals surface area (Å²) >= 11 is -4.77. The minimum absolute atomic E-state index is 0.836. The van der Waals surface area contributed by atoms with E-state index in [4.69, 9.17) is 0 Å². The molecule has 0 saturated heterocycles. The SMILES string of the molecule is CCC[CH2][Sn]([CH2]CCC)([CH2]CCC)[CH]1C=C(CCCCCCCCCCC2=C[CH]([Sn]([CH2]CCC)([CH2]CCC)[CH2]CCC)c3ccccc32)c2ccccc21. The van der Waals surface area contributed by atoms with Gasteiger partial charge in [-0.25, -0.2) is 0 Å². The molecule has 2 aromatic rings. The summed E-state index contributed by atoms with van der Waals surface area (Å²) < 4.78 is 11.3. The monoisotopic (exact) mass is 950 g/mol. The Bertz CT molecular complexity index is 1230. The summed E-state index contributed by atoms with van der Waals surface area (Å²) in [4.78, 5) is 0. The van der Waals surface area contributed by atoms with Crippen LogP contribution >= 0.6 is 0 Å². The molecule has 0 bridgehead atoms. The van der Waals surface area contributed by atoms with Crippen LogP contribution in [0.1, 0.15) is 213 Å². The first kappa shape index (κ1) is 46.2. The molecule has 2 aromatic carbocycles. The molecule has 4 rings (SSSR count). The third-order valence-corrected chi connectivity index (χ3v) is 47.5. The second-order valence-corrected chi connectivity index (χ2v) is 45.9. The predicted octanol–water partition coefficient (Wildman–Crippen LogP) is 18.0. The first-order chi connectivity index (χ1) is 26.5. The van der Waals surface area contributed by atoms with Crippen LogP contribution in [-0.2, 0) is 0 Å². The van der Waals surface area contributed by atoms with E-state index in [-0.39, 0.29) is 0 Å². The standard InChI is InChI=1S/C28H32.6C4H9.2Sn/c1(3-5-7-13-23-19-21-25-15-9-11-17-27(23)25)2-4-6-8-14-24-20-22-26-16-10-12-18-28(24)26;6*1-3-4-2;;/h9-12,15-22H,1-8,13-14H2;6*1,3-4H2,2H3;;. The summed E-state index contributed by atoms with van der Waals surface area (Å²) in [5.74, 6) is 0. The zero-order valence-corrected chi connectivity index (χ0v) is 42.4. The van der Waals surface area contributed by atoms with Gasteiger partial charge < -0.3 is 0 Å². The van der Waals surface area contributed by atoms with Gasteiger partial charge in [-0.05, 0) is 0 Å². The fraction of sp³-hybridized carbons (Fsp3) is 0.692. The van der Waals surface area contributed by atoms with Crippen LogP contribution in [0.25, 0.3) is 11.1 Å². The van der Waals surface area contributed by atoms with Gasteiger partial charge in [0.25, 0.3) is 0 Å². The van der Waals surface area contributed by atoms with Gasteiger partial charge in [0, 0.05) is 0 Å². The number of rotatable bonds is 31. The molecule has 0 saturated carbocycles. The van der Waals surface area contributed by atoms with Gasteiger partial charge in [-0.3, -0.25) is 0 Å². The van der Waals surface area contributed by atoms with Gasteiger partial charge in [-0.1, -0.05) is 0 Å². The van der Waals surface area contributed by atoms with Gasteiger partial charge in [0.15, 0.2) is 0 Å². The van der Waals surface area contributed by atoms with Gasteiger partial charge in [0.05, 0.1) is 0 Å². The van der Waals surface area contributed by atoms with Crippen molar-refractivity contribution in [2.45, 2.75) is 217 Å². The van der Waals surface area contributed by atoms with Crippen LogP contribution < -0.4 is 0 Å². The van der Waals surface area contributed by atoms with Gasteiger partial charge in [0.2, 0.25) is 0 Å². The van der Waals surface area contributed by atoms with Crippen molar-refractivity contribution in [2.75, 3.05) is 0 Å². The topological polar surface area (TPSA) is 0 Å². The molecular formula is C52H86Sn2. The number of unbranched alkanes of at least 4 members (excludes halogenated alkanes) is 13. The molecule has 0 fully saturated rings. The summed E-state index contributed by atoms with van der Waals surface area (Å²) in [5.41, 5.74) is 10.3. The number of hydrogen-bond donors (Lipinski definition) is 0. The second kappa shape index (κ2) is 25.8. The second-order valence-electron chi connectivity index (χ2n) is 18.2. The Morgan fingerprint density at radius 3 is 0.926 bits per heavy atom. The Morgan fingerprint density at radius 2 is 0.630 bits per heavy atom. The van der Waals surface area contributed by atoms with Crippen LogP contribution in [0.3, 0.4) is 0 Å². The Labute approximate surface area is 345 Å². The summed E-state index contributed by atoms with van der Waals surface area (Å²) in [7, 11) is 0. The zero-order chi connectivity index (χ0) is 38.5. The van der Waals surface area contributed by atoms with Gasteiger partial charge in [-0.2, -0.15) is 0 Å². The van der Waals surface area contributed by atoms with E-state index < -0.39 is 36.8 Å². The van der Waals surface area contributed by atoms with Crippen molar-refractivity contribution >= 4 is 47.9 Å². The molecule has 0 aromatic heterocycles. The van der Waals surface area contributed by atoms with E-state index in [0.717, 1.165) is 7.87 Å². The van der Waals surface area contributed by atoms with Gasteiger partial charge in [0.1, 0.15) is 0 Å². The van der Waals surface area contributed by atoms with Crippen molar-refractivity contribution in [3.05, 3.63) is 82.9 Å². The van der Waals surface area contributed by atoms with Crippen molar-refractivity contribution in [3.63, 3.8) is 0 Å². The van der Waals surface area contributed by atoms with E-state index in [9.17, 15) is 0 Å².